The van der Waals surface area contributed by atoms with Gasteiger partial charge in [0.25, 0.3) is 5.91 Å². The Hall–Kier alpha value is -1.55. The van der Waals surface area contributed by atoms with E-state index in [-0.39, 0.29) is 24.4 Å². The lowest BCUT2D eigenvalue weighted by molar-refractivity contribution is -0.120. The third-order valence-electron chi connectivity index (χ3n) is 3.08. The fraction of sp³-hybridized carbons (Fsp3) is 0.500. The summed E-state index contributed by atoms with van der Waals surface area (Å²) in [6.45, 7) is 6.25. The number of halogens is 1. The van der Waals surface area contributed by atoms with Gasteiger partial charge in [0.05, 0.1) is 6.54 Å². The number of hydrogen-bond donors (Lipinski definition) is 2. The van der Waals surface area contributed by atoms with Crippen molar-refractivity contribution in [1.29, 1.82) is 0 Å². The van der Waals surface area contributed by atoms with Crippen LogP contribution >= 0.6 is 11.6 Å². The molecule has 0 aromatic heterocycles. The van der Waals surface area contributed by atoms with Crippen LogP contribution in [0, 0.1) is 5.92 Å². The highest BCUT2D eigenvalue weighted by atomic mass is 35.5. The number of carbonyl (C=O) groups excluding carboxylic acids is 2. The summed E-state index contributed by atoms with van der Waals surface area (Å²) in [5.41, 5.74) is 0.447. The fourth-order valence-electron chi connectivity index (χ4n) is 1.87. The van der Waals surface area contributed by atoms with Gasteiger partial charge in [0.15, 0.2) is 0 Å². The van der Waals surface area contributed by atoms with Gasteiger partial charge in [-0.05, 0) is 43.9 Å². The van der Waals surface area contributed by atoms with Crippen LogP contribution in [0.25, 0.3) is 0 Å². The van der Waals surface area contributed by atoms with Gasteiger partial charge >= 0.3 is 0 Å². The third kappa shape index (κ3) is 7.14. The van der Waals surface area contributed by atoms with Gasteiger partial charge in [-0.3, -0.25) is 9.59 Å². The lowest BCUT2D eigenvalue weighted by atomic mass is 10.0. The highest BCUT2D eigenvalue weighted by Gasteiger charge is 2.11. The first-order valence-electron chi connectivity index (χ1n) is 7.21. The van der Waals surface area contributed by atoms with E-state index in [4.69, 9.17) is 11.6 Å². The number of carbonyl (C=O) groups is 2. The number of benzene rings is 1. The van der Waals surface area contributed by atoms with Crippen LogP contribution in [0.2, 0.25) is 5.02 Å². The molecule has 1 atom stereocenters. The van der Waals surface area contributed by atoms with Gasteiger partial charge in [-0.15, -0.1) is 0 Å². The van der Waals surface area contributed by atoms with Crippen LogP contribution in [0.15, 0.2) is 24.3 Å². The standard InChI is InChI=1S/C16H23ClN2O2/c1-11(2)7-8-12(3)19-15(20)10-18-16(21)13-5-4-6-14(17)9-13/h4-6,9,11-12H,7-8,10H2,1-3H3,(H,18,21)(H,19,20). The van der Waals surface area contributed by atoms with Crippen LogP contribution in [0.4, 0.5) is 0 Å². The molecule has 0 saturated heterocycles. The van der Waals surface area contributed by atoms with Crippen LogP contribution in [0.5, 0.6) is 0 Å². The Labute approximate surface area is 131 Å². The van der Waals surface area contributed by atoms with Gasteiger partial charge in [0.2, 0.25) is 5.91 Å². The largest absolute Gasteiger partial charge is 0.352 e. The molecule has 1 aromatic rings. The number of rotatable bonds is 7. The van der Waals surface area contributed by atoms with E-state index < -0.39 is 0 Å². The summed E-state index contributed by atoms with van der Waals surface area (Å²) in [5.74, 6) is 0.135. The molecule has 0 aliphatic carbocycles. The molecule has 2 amide bonds. The highest BCUT2D eigenvalue weighted by Crippen LogP contribution is 2.10. The molecule has 21 heavy (non-hydrogen) atoms. The Bertz CT molecular complexity index is 489. The average molecular weight is 311 g/mol. The van der Waals surface area contributed by atoms with Crippen molar-refractivity contribution in [2.24, 2.45) is 5.92 Å². The molecular formula is C16H23ClN2O2. The Morgan fingerprint density at radius 3 is 2.52 bits per heavy atom. The molecule has 0 saturated carbocycles. The Morgan fingerprint density at radius 1 is 1.19 bits per heavy atom. The zero-order valence-electron chi connectivity index (χ0n) is 12.8. The molecule has 1 rings (SSSR count). The molecule has 5 heteroatoms. The zero-order valence-corrected chi connectivity index (χ0v) is 13.5. The third-order valence-corrected chi connectivity index (χ3v) is 3.32. The molecular weight excluding hydrogens is 288 g/mol. The molecule has 1 unspecified atom stereocenters. The van der Waals surface area contributed by atoms with Crippen molar-refractivity contribution in [3.05, 3.63) is 34.9 Å². The molecule has 1 aromatic carbocycles. The van der Waals surface area contributed by atoms with E-state index in [2.05, 4.69) is 24.5 Å². The van der Waals surface area contributed by atoms with Crippen LogP contribution < -0.4 is 10.6 Å². The van der Waals surface area contributed by atoms with Crippen molar-refractivity contribution in [2.45, 2.75) is 39.7 Å². The van der Waals surface area contributed by atoms with Crippen molar-refractivity contribution in [3.63, 3.8) is 0 Å². The Kier molecular flexibility index (Phi) is 7.23. The predicted molar refractivity (Wildman–Crippen MR) is 85.5 cm³/mol. The molecule has 116 valence electrons. The zero-order chi connectivity index (χ0) is 15.8. The summed E-state index contributed by atoms with van der Waals surface area (Å²) in [7, 11) is 0. The molecule has 0 spiro atoms. The lowest BCUT2D eigenvalue weighted by Gasteiger charge is -2.15. The minimum atomic E-state index is -0.303. The molecule has 0 radical (unpaired) electrons. The second-order valence-electron chi connectivity index (χ2n) is 5.63. The summed E-state index contributed by atoms with van der Waals surface area (Å²) in [4.78, 5) is 23.6. The van der Waals surface area contributed by atoms with Gasteiger partial charge in [-0.25, -0.2) is 0 Å². The monoisotopic (exact) mass is 310 g/mol. The van der Waals surface area contributed by atoms with Crippen molar-refractivity contribution in [2.75, 3.05) is 6.54 Å². The molecule has 0 fully saturated rings. The molecule has 0 aliphatic heterocycles. The summed E-state index contributed by atoms with van der Waals surface area (Å²) >= 11 is 5.82. The maximum atomic E-state index is 11.9. The molecule has 4 nitrogen and oxygen atoms in total. The normalized spacial score (nSPS) is 12.0. The van der Waals surface area contributed by atoms with Crippen molar-refractivity contribution in [1.82, 2.24) is 10.6 Å². The predicted octanol–water partition coefficient (Wildman–Crippen LogP) is 3.01. The highest BCUT2D eigenvalue weighted by molar-refractivity contribution is 6.30. The van der Waals surface area contributed by atoms with Crippen molar-refractivity contribution in [3.8, 4) is 0 Å². The second kappa shape index (κ2) is 8.67. The van der Waals surface area contributed by atoms with Crippen LogP contribution in [0.1, 0.15) is 44.0 Å². The summed E-state index contributed by atoms with van der Waals surface area (Å²) in [6, 6.07) is 6.74. The van der Waals surface area contributed by atoms with Crippen molar-refractivity contribution >= 4 is 23.4 Å². The lowest BCUT2D eigenvalue weighted by Crippen LogP contribution is -2.41. The summed E-state index contributed by atoms with van der Waals surface area (Å²) in [5, 5.41) is 5.96. The number of hydrogen-bond acceptors (Lipinski definition) is 2. The van der Waals surface area contributed by atoms with E-state index >= 15 is 0 Å². The topological polar surface area (TPSA) is 58.2 Å². The van der Waals surface area contributed by atoms with Crippen LogP contribution in [0.3, 0.4) is 0 Å². The number of nitrogens with one attached hydrogen (secondary N) is 2. The first-order chi connectivity index (χ1) is 9.88. The smallest absolute Gasteiger partial charge is 0.251 e. The minimum absolute atomic E-state index is 0.0304. The SMILES string of the molecule is CC(C)CCC(C)NC(=O)CNC(=O)c1cccc(Cl)c1. The Balaban J connectivity index is 2.34. The molecule has 2 N–H and O–H groups in total. The maximum absolute atomic E-state index is 11.9. The first-order valence-corrected chi connectivity index (χ1v) is 7.59. The van der Waals surface area contributed by atoms with E-state index in [0.717, 1.165) is 12.8 Å². The van der Waals surface area contributed by atoms with E-state index in [0.29, 0.717) is 16.5 Å². The summed E-state index contributed by atoms with van der Waals surface area (Å²) in [6.07, 6.45) is 2.00. The van der Waals surface area contributed by atoms with Gasteiger partial charge in [-0.1, -0.05) is 31.5 Å². The van der Waals surface area contributed by atoms with Gasteiger partial charge < -0.3 is 10.6 Å². The van der Waals surface area contributed by atoms with E-state index in [9.17, 15) is 9.59 Å². The van der Waals surface area contributed by atoms with Crippen molar-refractivity contribution < 1.29 is 9.59 Å². The van der Waals surface area contributed by atoms with Crippen LogP contribution in [-0.2, 0) is 4.79 Å². The molecule has 0 bridgehead atoms. The van der Waals surface area contributed by atoms with Gasteiger partial charge in [0, 0.05) is 16.6 Å². The molecule has 0 aliphatic rings. The first kappa shape index (κ1) is 17.5. The minimum Gasteiger partial charge on any atom is -0.352 e. The summed E-state index contributed by atoms with van der Waals surface area (Å²) < 4.78 is 0. The second-order valence-corrected chi connectivity index (χ2v) is 6.07. The van der Waals surface area contributed by atoms with E-state index in [1.165, 1.54) is 0 Å². The maximum Gasteiger partial charge on any atom is 0.251 e. The van der Waals surface area contributed by atoms with Crippen LogP contribution in [-0.4, -0.2) is 24.4 Å². The molecule has 0 heterocycles. The quantitative estimate of drug-likeness (QED) is 0.813. The van der Waals surface area contributed by atoms with E-state index in [1.54, 1.807) is 24.3 Å². The number of amides is 2. The average Bonchev–Trinajstić information content (AvgIpc) is 2.42. The van der Waals surface area contributed by atoms with Gasteiger partial charge in [-0.2, -0.15) is 0 Å². The van der Waals surface area contributed by atoms with E-state index in [1.807, 2.05) is 6.92 Å². The van der Waals surface area contributed by atoms with Gasteiger partial charge in [0.1, 0.15) is 0 Å². The Morgan fingerprint density at radius 2 is 1.90 bits per heavy atom. The fourth-order valence-corrected chi connectivity index (χ4v) is 2.06.